The summed E-state index contributed by atoms with van der Waals surface area (Å²) in [5.74, 6) is 1.11. The fraction of sp³-hybridized carbons (Fsp3) is 0.429. The van der Waals surface area contributed by atoms with Crippen molar-refractivity contribution in [3.05, 3.63) is 65.5 Å². The molecule has 0 bridgehead atoms. The van der Waals surface area contributed by atoms with E-state index in [4.69, 9.17) is 0 Å². The number of rotatable bonds is 7. The molecule has 0 N–H and O–H groups in total. The maximum Gasteiger partial charge on any atom is 0.255 e. The molecule has 0 radical (unpaired) electrons. The van der Waals surface area contributed by atoms with Crippen LogP contribution in [-0.2, 0) is 6.42 Å². The first-order valence-corrected chi connectivity index (χ1v) is 10.3. The molecule has 2 heterocycles. The van der Waals surface area contributed by atoms with Gasteiger partial charge in [-0.15, -0.1) is 11.8 Å². The Labute approximate surface area is 154 Å². The van der Waals surface area contributed by atoms with E-state index in [0.29, 0.717) is 0 Å². The Kier molecular flexibility index (Phi) is 6.51. The Bertz CT molecular complexity index is 672. The number of carbonyl (C=O) groups is 1. The van der Waals surface area contributed by atoms with Crippen LogP contribution in [0, 0.1) is 0 Å². The lowest BCUT2D eigenvalue weighted by atomic mass is 10.0. The highest BCUT2D eigenvalue weighted by Gasteiger charge is 2.31. The Hall–Kier alpha value is -1.81. The lowest BCUT2D eigenvalue weighted by Gasteiger charge is -2.24. The fourth-order valence-electron chi connectivity index (χ4n) is 3.22. The van der Waals surface area contributed by atoms with Crippen LogP contribution in [0.15, 0.2) is 48.8 Å². The second kappa shape index (κ2) is 9.04. The van der Waals surface area contributed by atoms with E-state index in [1.165, 1.54) is 31.2 Å². The molecule has 1 aliphatic heterocycles. The minimum atomic E-state index is 0.101. The molecule has 132 valence electrons. The lowest BCUT2D eigenvalue weighted by molar-refractivity contribution is 0.0760. The van der Waals surface area contributed by atoms with Gasteiger partial charge in [-0.3, -0.25) is 9.78 Å². The van der Waals surface area contributed by atoms with Gasteiger partial charge in [-0.05, 0) is 48.2 Å². The molecular formula is C21H26N2OS. The molecule has 0 aliphatic carbocycles. The molecule has 1 aliphatic rings. The summed E-state index contributed by atoms with van der Waals surface area (Å²) in [5, 5.41) is 0.101. The van der Waals surface area contributed by atoms with Crippen LogP contribution in [0.2, 0.25) is 0 Å². The first-order valence-electron chi connectivity index (χ1n) is 9.21. The Morgan fingerprint density at radius 2 is 1.88 bits per heavy atom. The summed E-state index contributed by atoms with van der Waals surface area (Å²) >= 11 is 1.82. The predicted octanol–water partition coefficient (Wildman–Crippen LogP) is 5.09. The van der Waals surface area contributed by atoms with Crippen molar-refractivity contribution in [1.82, 2.24) is 9.88 Å². The van der Waals surface area contributed by atoms with Gasteiger partial charge in [0.2, 0.25) is 0 Å². The molecule has 1 fully saturated rings. The van der Waals surface area contributed by atoms with Gasteiger partial charge in [-0.1, -0.05) is 38.3 Å². The second-order valence-corrected chi connectivity index (χ2v) is 7.70. The third-order valence-electron chi connectivity index (χ3n) is 4.66. The smallest absolute Gasteiger partial charge is 0.255 e. The summed E-state index contributed by atoms with van der Waals surface area (Å²) in [4.78, 5) is 19.0. The van der Waals surface area contributed by atoms with Gasteiger partial charge in [-0.25, -0.2) is 0 Å². The van der Waals surface area contributed by atoms with Crippen LogP contribution in [0.25, 0.3) is 0 Å². The molecule has 4 heteroatoms. The Morgan fingerprint density at radius 3 is 2.60 bits per heavy atom. The van der Waals surface area contributed by atoms with Crippen LogP contribution in [0.4, 0.5) is 0 Å². The molecule has 2 aromatic rings. The van der Waals surface area contributed by atoms with Crippen molar-refractivity contribution in [3.63, 3.8) is 0 Å². The number of unbranched alkanes of at least 4 members (excludes halogenated alkanes) is 3. The van der Waals surface area contributed by atoms with Crippen LogP contribution in [0.3, 0.4) is 0 Å². The number of nitrogens with zero attached hydrogens (tertiary/aromatic N) is 2. The van der Waals surface area contributed by atoms with Crippen molar-refractivity contribution in [1.29, 1.82) is 0 Å². The predicted molar refractivity (Wildman–Crippen MR) is 105 cm³/mol. The molecule has 1 aromatic heterocycles. The zero-order chi connectivity index (χ0) is 17.5. The first-order chi connectivity index (χ1) is 12.3. The average Bonchev–Trinajstić information content (AvgIpc) is 3.16. The van der Waals surface area contributed by atoms with E-state index in [1.54, 1.807) is 12.4 Å². The molecule has 1 saturated heterocycles. The number of aryl methyl sites for hydroxylation is 1. The van der Waals surface area contributed by atoms with Crippen molar-refractivity contribution in [3.8, 4) is 0 Å². The minimum Gasteiger partial charge on any atom is -0.322 e. The molecule has 1 unspecified atom stereocenters. The summed E-state index contributed by atoms with van der Waals surface area (Å²) in [5.41, 5.74) is 3.27. The van der Waals surface area contributed by atoms with Crippen molar-refractivity contribution in [2.45, 2.75) is 44.4 Å². The zero-order valence-electron chi connectivity index (χ0n) is 14.9. The Balaban J connectivity index is 1.64. The van der Waals surface area contributed by atoms with E-state index in [-0.39, 0.29) is 11.3 Å². The first kappa shape index (κ1) is 18.0. The summed E-state index contributed by atoms with van der Waals surface area (Å²) in [6, 6.07) is 12.2. The number of aromatic nitrogens is 1. The lowest BCUT2D eigenvalue weighted by Crippen LogP contribution is -2.30. The maximum absolute atomic E-state index is 12.9. The quantitative estimate of drug-likeness (QED) is 0.649. The van der Waals surface area contributed by atoms with E-state index in [0.717, 1.165) is 29.8 Å². The highest BCUT2D eigenvalue weighted by Crippen LogP contribution is 2.38. The molecule has 1 aromatic carbocycles. The van der Waals surface area contributed by atoms with Crippen molar-refractivity contribution < 1.29 is 4.79 Å². The summed E-state index contributed by atoms with van der Waals surface area (Å²) < 4.78 is 0. The summed E-state index contributed by atoms with van der Waals surface area (Å²) in [6.45, 7) is 3.03. The van der Waals surface area contributed by atoms with Crippen molar-refractivity contribution in [2.75, 3.05) is 12.3 Å². The van der Waals surface area contributed by atoms with Crippen LogP contribution in [0.5, 0.6) is 0 Å². The number of carbonyl (C=O) groups excluding carboxylic acids is 1. The number of thioether (sulfide) groups is 1. The number of hydrogen-bond donors (Lipinski definition) is 0. The molecule has 3 rings (SSSR count). The third-order valence-corrected chi connectivity index (χ3v) is 5.92. The minimum absolute atomic E-state index is 0.101. The van der Waals surface area contributed by atoms with Crippen LogP contribution < -0.4 is 0 Å². The van der Waals surface area contributed by atoms with Gasteiger partial charge in [0.15, 0.2) is 0 Å². The highest BCUT2D eigenvalue weighted by atomic mass is 32.2. The molecule has 25 heavy (non-hydrogen) atoms. The Morgan fingerprint density at radius 1 is 1.12 bits per heavy atom. The third kappa shape index (κ3) is 4.63. The summed E-state index contributed by atoms with van der Waals surface area (Å²) in [6.07, 6.45) is 9.78. The summed E-state index contributed by atoms with van der Waals surface area (Å²) in [7, 11) is 0. The van der Waals surface area contributed by atoms with Gasteiger partial charge >= 0.3 is 0 Å². The molecule has 1 atom stereocenters. The van der Waals surface area contributed by atoms with E-state index in [2.05, 4.69) is 24.0 Å². The molecule has 1 amide bonds. The largest absolute Gasteiger partial charge is 0.322 e. The number of pyridine rings is 1. The van der Waals surface area contributed by atoms with E-state index < -0.39 is 0 Å². The standard InChI is InChI=1S/C21H26N2OS/c1-2-3-4-5-6-17-7-9-18(10-8-17)20(24)23-15-16-25-21(23)19-11-13-22-14-12-19/h7-14,21H,2-6,15-16H2,1H3. The van der Waals surface area contributed by atoms with Crippen LogP contribution >= 0.6 is 11.8 Å². The second-order valence-electron chi connectivity index (χ2n) is 6.51. The van der Waals surface area contributed by atoms with Gasteiger partial charge < -0.3 is 4.90 Å². The monoisotopic (exact) mass is 354 g/mol. The number of amides is 1. The van der Waals surface area contributed by atoms with Crippen LogP contribution in [0.1, 0.15) is 59.5 Å². The number of benzene rings is 1. The number of hydrogen-bond acceptors (Lipinski definition) is 3. The normalized spacial score (nSPS) is 17.0. The van der Waals surface area contributed by atoms with E-state index >= 15 is 0 Å². The van der Waals surface area contributed by atoms with Crippen molar-refractivity contribution >= 4 is 17.7 Å². The molecule has 0 spiro atoms. The van der Waals surface area contributed by atoms with Gasteiger partial charge in [-0.2, -0.15) is 0 Å². The van der Waals surface area contributed by atoms with Gasteiger partial charge in [0.1, 0.15) is 5.37 Å². The fourth-order valence-corrected chi connectivity index (χ4v) is 4.47. The average molecular weight is 355 g/mol. The topological polar surface area (TPSA) is 33.2 Å². The van der Waals surface area contributed by atoms with Gasteiger partial charge in [0.05, 0.1) is 0 Å². The molecule has 3 nitrogen and oxygen atoms in total. The SMILES string of the molecule is CCCCCCc1ccc(C(=O)N2CCSC2c2ccncc2)cc1. The van der Waals surface area contributed by atoms with Crippen LogP contribution in [-0.4, -0.2) is 28.1 Å². The van der Waals surface area contributed by atoms with Gasteiger partial charge in [0.25, 0.3) is 5.91 Å². The van der Waals surface area contributed by atoms with E-state index in [1.807, 2.05) is 40.9 Å². The molecule has 0 saturated carbocycles. The van der Waals surface area contributed by atoms with E-state index in [9.17, 15) is 4.79 Å². The molecular weight excluding hydrogens is 328 g/mol. The zero-order valence-corrected chi connectivity index (χ0v) is 15.7. The van der Waals surface area contributed by atoms with Gasteiger partial charge in [0, 0.05) is 30.3 Å². The highest BCUT2D eigenvalue weighted by molar-refractivity contribution is 7.99. The maximum atomic E-state index is 12.9. The van der Waals surface area contributed by atoms with Crippen molar-refractivity contribution in [2.24, 2.45) is 0 Å².